The summed E-state index contributed by atoms with van der Waals surface area (Å²) in [6, 6.07) is 18.4. The van der Waals surface area contributed by atoms with Crippen LogP contribution in [0.1, 0.15) is 22.3 Å². The minimum atomic E-state index is -1.89. The van der Waals surface area contributed by atoms with E-state index in [0.29, 0.717) is 5.56 Å². The Morgan fingerprint density at radius 1 is 1.03 bits per heavy atom. The third-order valence-electron chi connectivity index (χ3n) is 7.02. The van der Waals surface area contributed by atoms with E-state index in [1.807, 2.05) is 30.3 Å². The topological polar surface area (TPSA) is 121 Å². The van der Waals surface area contributed by atoms with E-state index in [0.717, 1.165) is 16.3 Å². The number of rotatable bonds is 5. The van der Waals surface area contributed by atoms with Gasteiger partial charge in [0, 0.05) is 12.1 Å². The molecule has 0 aromatic heterocycles. The Hall–Kier alpha value is -4.20. The first kappa shape index (κ1) is 22.6. The van der Waals surface area contributed by atoms with Crippen LogP contribution in [0.2, 0.25) is 0 Å². The third kappa shape index (κ3) is 3.53. The zero-order valence-corrected chi connectivity index (χ0v) is 18.9. The van der Waals surface area contributed by atoms with Gasteiger partial charge in [-0.1, -0.05) is 48.5 Å². The minimum absolute atomic E-state index is 0.114. The molecule has 5 rings (SSSR count). The van der Waals surface area contributed by atoms with Gasteiger partial charge in [-0.15, -0.1) is 0 Å². The van der Waals surface area contributed by atoms with Crippen molar-refractivity contribution in [3.8, 4) is 5.75 Å². The number of hydrogen-bond donors (Lipinski definition) is 2. The second-order valence-corrected chi connectivity index (χ2v) is 8.88. The van der Waals surface area contributed by atoms with E-state index in [1.165, 1.54) is 28.4 Å². The highest BCUT2D eigenvalue weighted by molar-refractivity contribution is 6.19. The van der Waals surface area contributed by atoms with Crippen LogP contribution in [-0.4, -0.2) is 63.1 Å². The van der Waals surface area contributed by atoms with E-state index < -0.39 is 29.2 Å². The summed E-state index contributed by atoms with van der Waals surface area (Å²) < 4.78 is 0. The summed E-state index contributed by atoms with van der Waals surface area (Å²) in [5.74, 6) is -2.22. The monoisotopic (exact) mass is 470 g/mol. The number of hydrogen-bond acceptors (Lipinski definition) is 5. The second kappa shape index (κ2) is 8.54. The van der Waals surface area contributed by atoms with E-state index in [4.69, 9.17) is 5.73 Å². The number of nitrogens with zero attached hydrogens (tertiary/aromatic N) is 2. The number of nitrogens with two attached hydrogens (primary N) is 1. The predicted molar refractivity (Wildman–Crippen MR) is 128 cm³/mol. The molecule has 3 aromatic rings. The number of Topliss-reactive ketones (excluding diaryl/α,β-unsaturated/α-hetero) is 1. The quantitative estimate of drug-likeness (QED) is 0.551. The van der Waals surface area contributed by atoms with Crippen LogP contribution in [0.4, 0.5) is 0 Å². The standard InChI is InChI=1S/C27H24N3O5/c28-26(35)27-22(14-15-30(27)24(33)13-10-17-8-11-19(31)12-9-17)29(16-23(27)32)25(34)21-7-3-5-18-4-1-2-6-20(18)21/h1-9,11-13,22,31H,10,14-16H2,(H2,28,35). The number of likely N-dealkylation sites (tertiary alicyclic amines) is 2. The molecule has 2 atom stereocenters. The molecule has 3 amide bonds. The van der Waals surface area contributed by atoms with Crippen molar-refractivity contribution >= 4 is 34.3 Å². The smallest absolute Gasteiger partial charge is 0.255 e. The van der Waals surface area contributed by atoms with Crippen LogP contribution in [-0.2, 0) is 20.8 Å². The summed E-state index contributed by atoms with van der Waals surface area (Å²) in [6.45, 7) is -0.166. The fraction of sp³-hybridized carbons (Fsp3) is 0.222. The number of phenols is 1. The molecule has 0 spiro atoms. The number of aromatic hydroxyl groups is 1. The maximum absolute atomic E-state index is 13.6. The van der Waals surface area contributed by atoms with Crippen molar-refractivity contribution in [1.29, 1.82) is 0 Å². The summed E-state index contributed by atoms with van der Waals surface area (Å²) in [4.78, 5) is 55.5. The molecule has 0 bridgehead atoms. The first-order valence-corrected chi connectivity index (χ1v) is 11.4. The highest BCUT2D eigenvalue weighted by atomic mass is 16.3. The number of fused-ring (bicyclic) bond motifs is 2. The summed E-state index contributed by atoms with van der Waals surface area (Å²) in [7, 11) is 0. The first-order chi connectivity index (χ1) is 16.8. The zero-order valence-electron chi connectivity index (χ0n) is 18.9. The lowest BCUT2D eigenvalue weighted by molar-refractivity contribution is -0.147. The van der Waals surface area contributed by atoms with Gasteiger partial charge in [0.1, 0.15) is 5.75 Å². The molecule has 2 aliphatic heterocycles. The molecule has 2 heterocycles. The van der Waals surface area contributed by atoms with Crippen LogP contribution in [0.15, 0.2) is 66.7 Å². The van der Waals surface area contributed by atoms with Gasteiger partial charge in [-0.05, 0) is 47.4 Å². The molecule has 177 valence electrons. The van der Waals surface area contributed by atoms with Gasteiger partial charge in [0.25, 0.3) is 11.8 Å². The number of carbonyl (C=O) groups is 4. The highest BCUT2D eigenvalue weighted by Gasteiger charge is 2.67. The van der Waals surface area contributed by atoms with Crippen molar-refractivity contribution in [1.82, 2.24) is 9.80 Å². The van der Waals surface area contributed by atoms with Crippen molar-refractivity contribution in [2.75, 3.05) is 13.1 Å². The molecule has 0 aliphatic carbocycles. The van der Waals surface area contributed by atoms with Crippen LogP contribution < -0.4 is 5.73 Å². The average molecular weight is 471 g/mol. The van der Waals surface area contributed by atoms with E-state index in [1.54, 1.807) is 24.3 Å². The Balaban J connectivity index is 1.43. The molecule has 3 aromatic carbocycles. The second-order valence-electron chi connectivity index (χ2n) is 8.88. The van der Waals surface area contributed by atoms with E-state index >= 15 is 0 Å². The number of amides is 3. The molecule has 8 heteroatoms. The van der Waals surface area contributed by atoms with Gasteiger partial charge < -0.3 is 20.6 Å². The molecule has 8 nitrogen and oxygen atoms in total. The lowest BCUT2D eigenvalue weighted by Crippen LogP contribution is -2.64. The van der Waals surface area contributed by atoms with E-state index in [9.17, 15) is 24.3 Å². The summed E-state index contributed by atoms with van der Waals surface area (Å²) in [5.41, 5.74) is 5.10. The predicted octanol–water partition coefficient (Wildman–Crippen LogP) is 1.84. The van der Waals surface area contributed by atoms with Crippen LogP contribution in [0, 0.1) is 6.42 Å². The maximum Gasteiger partial charge on any atom is 0.255 e. The summed E-state index contributed by atoms with van der Waals surface area (Å²) in [5, 5.41) is 11.1. The third-order valence-corrected chi connectivity index (χ3v) is 7.02. The van der Waals surface area contributed by atoms with Crippen molar-refractivity contribution in [2.45, 2.75) is 24.4 Å². The fourth-order valence-corrected chi connectivity index (χ4v) is 5.37. The fourth-order valence-electron chi connectivity index (χ4n) is 5.37. The Labute approximate surface area is 201 Å². The van der Waals surface area contributed by atoms with Crippen LogP contribution in [0.3, 0.4) is 0 Å². The molecule has 2 fully saturated rings. The molecule has 2 aliphatic rings. The minimum Gasteiger partial charge on any atom is -0.508 e. The molecule has 3 N–H and O–H groups in total. The molecule has 2 unspecified atom stereocenters. The largest absolute Gasteiger partial charge is 0.508 e. The number of ketones is 1. The SMILES string of the molecule is NC(=O)C12C(=O)CN(C(=O)c3cccc4ccccc34)C1CCN2C(=O)[CH]Cc1ccc(O)cc1. The lowest BCUT2D eigenvalue weighted by atomic mass is 9.88. The number of carbonyl (C=O) groups excluding carboxylic acids is 4. The normalized spacial score (nSPS) is 21.4. The van der Waals surface area contributed by atoms with Crippen molar-refractivity contribution in [3.63, 3.8) is 0 Å². The van der Waals surface area contributed by atoms with E-state index in [-0.39, 0.29) is 37.6 Å². The molecular weight excluding hydrogens is 446 g/mol. The Bertz CT molecular complexity index is 1350. The summed E-state index contributed by atoms with van der Waals surface area (Å²) in [6.07, 6.45) is 1.91. The van der Waals surface area contributed by atoms with E-state index in [2.05, 4.69) is 0 Å². The Morgan fingerprint density at radius 2 is 1.74 bits per heavy atom. The average Bonchev–Trinajstić information content (AvgIpc) is 3.40. The molecule has 0 saturated carbocycles. The van der Waals surface area contributed by atoms with Gasteiger partial charge in [0.2, 0.25) is 11.4 Å². The van der Waals surface area contributed by atoms with Crippen molar-refractivity contribution in [2.24, 2.45) is 5.73 Å². The molecule has 2 saturated heterocycles. The Kier molecular flexibility index (Phi) is 5.51. The van der Waals surface area contributed by atoms with Crippen molar-refractivity contribution in [3.05, 3.63) is 84.3 Å². The van der Waals surface area contributed by atoms with Gasteiger partial charge in [0.05, 0.1) is 19.0 Å². The van der Waals surface area contributed by atoms with Gasteiger partial charge >= 0.3 is 0 Å². The van der Waals surface area contributed by atoms with Gasteiger partial charge in [-0.3, -0.25) is 19.2 Å². The van der Waals surface area contributed by atoms with Crippen LogP contribution in [0.25, 0.3) is 10.8 Å². The highest BCUT2D eigenvalue weighted by Crippen LogP contribution is 2.41. The van der Waals surface area contributed by atoms with Crippen molar-refractivity contribution < 1.29 is 24.3 Å². The van der Waals surface area contributed by atoms with Gasteiger partial charge in [0.15, 0.2) is 5.78 Å². The maximum atomic E-state index is 13.6. The summed E-state index contributed by atoms with van der Waals surface area (Å²) >= 11 is 0. The van der Waals surface area contributed by atoms with Crippen LogP contribution >= 0.6 is 0 Å². The molecule has 35 heavy (non-hydrogen) atoms. The number of phenolic OH excluding ortho intramolecular Hbond substituents is 1. The van der Waals surface area contributed by atoms with Gasteiger partial charge in [-0.2, -0.15) is 0 Å². The molecule has 1 radical (unpaired) electrons. The number of benzene rings is 3. The number of primary amides is 1. The Morgan fingerprint density at radius 3 is 2.49 bits per heavy atom. The first-order valence-electron chi connectivity index (χ1n) is 11.4. The zero-order chi connectivity index (χ0) is 24.7. The van der Waals surface area contributed by atoms with Gasteiger partial charge in [-0.25, -0.2) is 0 Å². The molecular formula is C27H24N3O5. The van der Waals surface area contributed by atoms with Crippen LogP contribution in [0.5, 0.6) is 5.75 Å². The lowest BCUT2D eigenvalue weighted by Gasteiger charge is -2.34.